The Morgan fingerprint density at radius 2 is 1.70 bits per heavy atom. The molecule has 0 aliphatic carbocycles. The number of rotatable bonds is 3. The van der Waals surface area contributed by atoms with Crippen molar-refractivity contribution >= 4 is 0 Å². The molecule has 0 spiro atoms. The van der Waals surface area contributed by atoms with Gasteiger partial charge in [0.15, 0.2) is 11.5 Å². The summed E-state index contributed by atoms with van der Waals surface area (Å²) in [6, 6.07) is 17.9. The van der Waals surface area contributed by atoms with Crippen molar-refractivity contribution < 1.29 is 9.47 Å². The lowest BCUT2D eigenvalue weighted by molar-refractivity contribution is 0.354. The third-order valence-corrected chi connectivity index (χ3v) is 5.03. The summed E-state index contributed by atoms with van der Waals surface area (Å²) >= 11 is 0. The number of benzene rings is 2. The topological polar surface area (TPSA) is 71.0 Å². The van der Waals surface area contributed by atoms with Crippen LogP contribution in [0.4, 0.5) is 0 Å². The highest BCUT2D eigenvalue weighted by Crippen LogP contribution is 2.39. The van der Waals surface area contributed by atoms with Gasteiger partial charge in [-0.1, -0.05) is 30.3 Å². The molecule has 3 aromatic rings. The molecule has 0 atom stereocenters. The summed E-state index contributed by atoms with van der Waals surface area (Å²) in [5, 5.41) is 18.3. The molecule has 2 heterocycles. The first-order valence-electron chi connectivity index (χ1n) is 8.71. The van der Waals surface area contributed by atoms with Gasteiger partial charge in [0.1, 0.15) is 17.1 Å². The Morgan fingerprint density at radius 1 is 1.00 bits per heavy atom. The molecule has 5 nitrogen and oxygen atoms in total. The van der Waals surface area contributed by atoms with Crippen LogP contribution in [0.2, 0.25) is 0 Å². The summed E-state index contributed by atoms with van der Waals surface area (Å²) in [6.07, 6.45) is 0.773. The van der Waals surface area contributed by atoms with E-state index in [2.05, 4.69) is 6.07 Å². The van der Waals surface area contributed by atoms with Gasteiger partial charge in [0.2, 0.25) is 0 Å². The van der Waals surface area contributed by atoms with E-state index in [1.54, 1.807) is 14.2 Å². The van der Waals surface area contributed by atoms with Crippen LogP contribution in [0.1, 0.15) is 11.1 Å². The first-order chi connectivity index (χ1) is 13.2. The summed E-state index contributed by atoms with van der Waals surface area (Å²) < 4.78 is 12.8. The van der Waals surface area contributed by atoms with E-state index in [1.807, 2.05) is 53.1 Å². The van der Waals surface area contributed by atoms with Crippen molar-refractivity contribution in [1.82, 2.24) is 4.57 Å². The Bertz CT molecular complexity index is 1130. The molecule has 1 aromatic heterocycles. The molecule has 4 rings (SSSR count). The number of nitriles is 1. The van der Waals surface area contributed by atoms with Crippen LogP contribution in [0.15, 0.2) is 48.5 Å². The Hall–Kier alpha value is -3.52. The van der Waals surface area contributed by atoms with Gasteiger partial charge in [0, 0.05) is 17.7 Å². The summed E-state index contributed by atoms with van der Waals surface area (Å²) in [5.41, 5.74) is 5.42. The van der Waals surface area contributed by atoms with Crippen LogP contribution in [-0.2, 0) is 13.0 Å². The highest BCUT2D eigenvalue weighted by atomic mass is 16.5. The van der Waals surface area contributed by atoms with E-state index in [4.69, 9.17) is 14.9 Å². The fraction of sp³-hybridized carbons (Fsp3) is 0.182. The molecule has 1 aliphatic rings. The Kier molecular flexibility index (Phi) is 4.17. The molecule has 0 radical (unpaired) electrons. The van der Waals surface area contributed by atoms with Crippen LogP contribution in [-0.4, -0.2) is 18.8 Å². The monoisotopic (exact) mass is 357 g/mol. The maximum Gasteiger partial charge on any atom is 0.161 e. The molecule has 1 N–H and O–H groups in total. The van der Waals surface area contributed by atoms with Gasteiger partial charge in [-0.05, 0) is 35.7 Å². The van der Waals surface area contributed by atoms with Crippen molar-refractivity contribution in [3.8, 4) is 40.0 Å². The summed E-state index contributed by atoms with van der Waals surface area (Å²) in [7, 11) is 3.25. The Balaban J connectivity index is 2.02. The molecular formula is C22H19N3O2. The number of hydrogen-bond donors (Lipinski definition) is 1. The first-order valence-corrected chi connectivity index (χ1v) is 8.71. The van der Waals surface area contributed by atoms with Crippen molar-refractivity contribution in [2.75, 3.05) is 14.2 Å². The minimum Gasteiger partial charge on any atom is -0.493 e. The van der Waals surface area contributed by atoms with E-state index in [0.717, 1.165) is 34.4 Å². The van der Waals surface area contributed by atoms with Gasteiger partial charge in [0.25, 0.3) is 0 Å². The van der Waals surface area contributed by atoms with Gasteiger partial charge in [-0.15, -0.1) is 0 Å². The predicted molar refractivity (Wildman–Crippen MR) is 103 cm³/mol. The lowest BCUT2D eigenvalue weighted by atomic mass is 9.92. The van der Waals surface area contributed by atoms with E-state index in [-0.39, 0.29) is 5.49 Å². The van der Waals surface area contributed by atoms with Crippen LogP contribution < -0.4 is 15.0 Å². The molecule has 5 heteroatoms. The number of ether oxygens (including phenoxy) is 2. The third-order valence-electron chi connectivity index (χ3n) is 5.03. The average Bonchev–Trinajstić information content (AvgIpc) is 2.72. The molecule has 0 saturated carbocycles. The molecule has 2 aromatic carbocycles. The highest BCUT2D eigenvalue weighted by molar-refractivity contribution is 5.78. The van der Waals surface area contributed by atoms with E-state index in [9.17, 15) is 5.26 Å². The van der Waals surface area contributed by atoms with Crippen LogP contribution in [0, 0.1) is 16.7 Å². The van der Waals surface area contributed by atoms with E-state index >= 15 is 0 Å². The smallest absolute Gasteiger partial charge is 0.161 e. The summed E-state index contributed by atoms with van der Waals surface area (Å²) in [6.45, 7) is 0.653. The zero-order chi connectivity index (χ0) is 19.0. The van der Waals surface area contributed by atoms with Crippen LogP contribution in [0.25, 0.3) is 22.4 Å². The van der Waals surface area contributed by atoms with Gasteiger partial charge in [-0.3, -0.25) is 5.41 Å². The third kappa shape index (κ3) is 2.67. The zero-order valence-corrected chi connectivity index (χ0v) is 15.2. The number of nitrogens with one attached hydrogen (secondary N) is 1. The van der Waals surface area contributed by atoms with Gasteiger partial charge in [0.05, 0.1) is 19.9 Å². The minimum atomic E-state index is 0.245. The van der Waals surface area contributed by atoms with Crippen LogP contribution >= 0.6 is 0 Å². The molecule has 134 valence electrons. The second-order valence-electron chi connectivity index (χ2n) is 6.41. The number of aryl methyl sites for hydroxylation is 1. The molecule has 0 fully saturated rings. The number of hydrogen-bond acceptors (Lipinski definition) is 4. The molecule has 1 aliphatic heterocycles. The number of methoxy groups -OCH3 is 2. The second kappa shape index (κ2) is 6.65. The molecule has 0 unspecified atom stereocenters. The van der Waals surface area contributed by atoms with Gasteiger partial charge < -0.3 is 14.0 Å². The largest absolute Gasteiger partial charge is 0.493 e. The predicted octanol–water partition coefficient (Wildman–Crippen LogP) is 3.75. The number of fused-ring (bicyclic) bond motifs is 3. The highest BCUT2D eigenvalue weighted by Gasteiger charge is 2.22. The number of pyridine rings is 1. The first kappa shape index (κ1) is 16.9. The summed E-state index contributed by atoms with van der Waals surface area (Å²) in [5.74, 6) is 1.36. The van der Waals surface area contributed by atoms with Crippen LogP contribution in [0.3, 0.4) is 0 Å². The van der Waals surface area contributed by atoms with E-state index in [0.29, 0.717) is 23.6 Å². The van der Waals surface area contributed by atoms with Crippen molar-refractivity contribution in [2.45, 2.75) is 13.0 Å². The standard InChI is InChI=1S/C22H19N3O2/c1-26-20-10-15-8-9-25-19(17(15)12-21(20)27-2)11-16(18(13-23)22(25)24)14-6-4-3-5-7-14/h3-7,10-12,24H,8-9H2,1-2H3. The SMILES string of the molecule is COc1cc2c(cc1OC)-c1cc(-c3ccccc3)c(C#N)c(=N)n1CC2. The normalized spacial score (nSPS) is 11.9. The maximum absolute atomic E-state index is 9.69. The quantitative estimate of drug-likeness (QED) is 0.776. The molecule has 0 saturated heterocycles. The van der Waals surface area contributed by atoms with Crippen molar-refractivity contribution in [2.24, 2.45) is 0 Å². The van der Waals surface area contributed by atoms with E-state index in [1.165, 1.54) is 0 Å². The van der Waals surface area contributed by atoms with Crippen molar-refractivity contribution in [3.63, 3.8) is 0 Å². The lowest BCUT2D eigenvalue weighted by Crippen LogP contribution is -2.28. The van der Waals surface area contributed by atoms with Crippen LogP contribution in [0.5, 0.6) is 11.5 Å². The fourth-order valence-electron chi connectivity index (χ4n) is 3.68. The number of nitrogens with zero attached hydrogens (tertiary/aromatic N) is 2. The van der Waals surface area contributed by atoms with E-state index < -0.39 is 0 Å². The molecule has 27 heavy (non-hydrogen) atoms. The Labute approximate surface area is 157 Å². The molecule has 0 amide bonds. The minimum absolute atomic E-state index is 0.245. The Morgan fingerprint density at radius 3 is 2.37 bits per heavy atom. The van der Waals surface area contributed by atoms with Crippen molar-refractivity contribution in [1.29, 1.82) is 10.7 Å². The lowest BCUT2D eigenvalue weighted by Gasteiger charge is -2.25. The average molecular weight is 357 g/mol. The number of aromatic nitrogens is 1. The van der Waals surface area contributed by atoms with Gasteiger partial charge in [-0.25, -0.2) is 0 Å². The maximum atomic E-state index is 9.69. The fourth-order valence-corrected chi connectivity index (χ4v) is 3.68. The van der Waals surface area contributed by atoms with Gasteiger partial charge in [-0.2, -0.15) is 5.26 Å². The molecular weight excluding hydrogens is 338 g/mol. The van der Waals surface area contributed by atoms with Gasteiger partial charge >= 0.3 is 0 Å². The molecule has 0 bridgehead atoms. The van der Waals surface area contributed by atoms with Crippen molar-refractivity contribution in [3.05, 3.63) is 65.1 Å². The zero-order valence-electron chi connectivity index (χ0n) is 15.2. The summed E-state index contributed by atoms with van der Waals surface area (Å²) in [4.78, 5) is 0. The second-order valence-corrected chi connectivity index (χ2v) is 6.41.